The van der Waals surface area contributed by atoms with Gasteiger partial charge in [-0.2, -0.15) is 0 Å². The van der Waals surface area contributed by atoms with Crippen molar-refractivity contribution in [3.05, 3.63) is 74.9 Å². The van der Waals surface area contributed by atoms with E-state index >= 15 is 0 Å². The summed E-state index contributed by atoms with van der Waals surface area (Å²) < 4.78 is 22.3. The van der Waals surface area contributed by atoms with Gasteiger partial charge in [-0.15, -0.1) is 0 Å². The van der Waals surface area contributed by atoms with Crippen LogP contribution < -0.4 is 20.9 Å². The maximum Gasteiger partial charge on any atom is 0.295 e. The molecule has 0 bridgehead atoms. The standard InChI is InChI=1S/C26H30ClFN4O4/c1-6-36-21-13-20(28)19(27)12-18(21)24(34)29-15-26(3,4)14-22(33)30-23-16(2)31(5)32(25(23)35)17-10-8-7-9-11-17/h7-13H,6,14-15H2,1-5H3,(H,29,34)(H,30,33). The first kappa shape index (κ1) is 27.0. The molecule has 0 fully saturated rings. The number of carbonyl (C=O) groups excluding carboxylic acids is 2. The van der Waals surface area contributed by atoms with Gasteiger partial charge in [0, 0.05) is 26.1 Å². The molecule has 10 heteroatoms. The second-order valence-corrected chi connectivity index (χ2v) is 9.61. The van der Waals surface area contributed by atoms with Gasteiger partial charge in [-0.25, -0.2) is 9.07 Å². The highest BCUT2D eigenvalue weighted by Gasteiger charge is 2.26. The predicted octanol–water partition coefficient (Wildman–Crippen LogP) is 4.46. The number of para-hydroxylation sites is 1. The Morgan fingerprint density at radius 1 is 1.17 bits per heavy atom. The van der Waals surface area contributed by atoms with Gasteiger partial charge in [-0.05, 0) is 37.5 Å². The zero-order valence-corrected chi connectivity index (χ0v) is 21.7. The summed E-state index contributed by atoms with van der Waals surface area (Å²) in [5.41, 5.74) is 0.607. The van der Waals surface area contributed by atoms with Gasteiger partial charge in [0.25, 0.3) is 11.5 Å². The van der Waals surface area contributed by atoms with Crippen LogP contribution in [0.3, 0.4) is 0 Å². The fourth-order valence-corrected chi connectivity index (χ4v) is 3.95. The van der Waals surface area contributed by atoms with Crippen molar-refractivity contribution in [2.24, 2.45) is 12.5 Å². The molecule has 0 radical (unpaired) electrons. The number of nitrogens with one attached hydrogen (secondary N) is 2. The van der Waals surface area contributed by atoms with Crippen molar-refractivity contribution in [2.45, 2.75) is 34.1 Å². The Bertz CT molecular complexity index is 1330. The Morgan fingerprint density at radius 3 is 2.47 bits per heavy atom. The minimum atomic E-state index is -0.684. The molecule has 0 aliphatic carbocycles. The molecule has 0 aliphatic heterocycles. The highest BCUT2D eigenvalue weighted by molar-refractivity contribution is 6.31. The number of aromatic nitrogens is 2. The zero-order valence-electron chi connectivity index (χ0n) is 20.9. The average molecular weight is 517 g/mol. The van der Waals surface area contributed by atoms with Crippen LogP contribution in [0.15, 0.2) is 47.3 Å². The molecule has 8 nitrogen and oxygen atoms in total. The molecule has 0 atom stereocenters. The Kier molecular flexibility index (Phi) is 8.24. The van der Waals surface area contributed by atoms with Crippen molar-refractivity contribution in [1.29, 1.82) is 0 Å². The highest BCUT2D eigenvalue weighted by Crippen LogP contribution is 2.27. The monoisotopic (exact) mass is 516 g/mol. The lowest BCUT2D eigenvalue weighted by molar-refractivity contribution is -0.118. The third-order valence-electron chi connectivity index (χ3n) is 5.75. The quantitative estimate of drug-likeness (QED) is 0.439. The number of nitrogens with zero attached hydrogens (tertiary/aromatic N) is 2. The molecule has 192 valence electrons. The van der Waals surface area contributed by atoms with Crippen LogP contribution in [0.4, 0.5) is 10.1 Å². The Morgan fingerprint density at radius 2 is 1.83 bits per heavy atom. The molecule has 1 aromatic heterocycles. The summed E-state index contributed by atoms with van der Waals surface area (Å²) >= 11 is 5.85. The molecule has 0 spiro atoms. The molecule has 1 heterocycles. The molecule has 0 saturated carbocycles. The number of hydrogen-bond acceptors (Lipinski definition) is 4. The summed E-state index contributed by atoms with van der Waals surface area (Å²) in [6.45, 7) is 7.49. The van der Waals surface area contributed by atoms with Gasteiger partial charge in [-0.3, -0.25) is 19.1 Å². The van der Waals surface area contributed by atoms with E-state index in [0.29, 0.717) is 11.4 Å². The molecule has 2 amide bonds. The number of benzene rings is 2. The van der Waals surface area contributed by atoms with E-state index in [4.69, 9.17) is 16.3 Å². The lowest BCUT2D eigenvalue weighted by Crippen LogP contribution is -2.37. The topological polar surface area (TPSA) is 94.4 Å². The maximum atomic E-state index is 13.8. The van der Waals surface area contributed by atoms with Crippen molar-refractivity contribution in [3.63, 3.8) is 0 Å². The number of halogens is 2. The van der Waals surface area contributed by atoms with E-state index in [0.717, 1.165) is 6.07 Å². The van der Waals surface area contributed by atoms with Crippen LogP contribution >= 0.6 is 11.6 Å². The summed E-state index contributed by atoms with van der Waals surface area (Å²) in [7, 11) is 1.75. The highest BCUT2D eigenvalue weighted by atomic mass is 35.5. The molecule has 0 unspecified atom stereocenters. The smallest absolute Gasteiger partial charge is 0.295 e. The van der Waals surface area contributed by atoms with Gasteiger partial charge in [0.05, 0.1) is 28.6 Å². The zero-order chi connectivity index (χ0) is 26.6. The summed E-state index contributed by atoms with van der Waals surface area (Å²) in [5.74, 6) is -1.46. The molecule has 3 rings (SSSR count). The predicted molar refractivity (Wildman–Crippen MR) is 138 cm³/mol. The number of ether oxygens (including phenoxy) is 1. The van der Waals surface area contributed by atoms with Crippen LogP contribution in [0.25, 0.3) is 5.69 Å². The van der Waals surface area contributed by atoms with Crippen LogP contribution in [0.5, 0.6) is 5.75 Å². The fourth-order valence-electron chi connectivity index (χ4n) is 3.79. The Hall–Kier alpha value is -3.59. The van der Waals surface area contributed by atoms with E-state index in [1.807, 2.05) is 44.2 Å². The van der Waals surface area contributed by atoms with Crippen LogP contribution in [-0.4, -0.2) is 34.3 Å². The van der Waals surface area contributed by atoms with Gasteiger partial charge in [-0.1, -0.05) is 43.6 Å². The van der Waals surface area contributed by atoms with E-state index in [1.165, 1.54) is 10.7 Å². The van der Waals surface area contributed by atoms with Gasteiger partial charge >= 0.3 is 0 Å². The number of rotatable bonds is 9. The average Bonchev–Trinajstić information content (AvgIpc) is 3.03. The third kappa shape index (κ3) is 5.96. The lowest BCUT2D eigenvalue weighted by atomic mass is 9.88. The van der Waals surface area contributed by atoms with Crippen molar-refractivity contribution >= 4 is 29.1 Å². The second-order valence-electron chi connectivity index (χ2n) is 9.20. The molecule has 36 heavy (non-hydrogen) atoms. The largest absolute Gasteiger partial charge is 0.493 e. The SMILES string of the molecule is CCOc1cc(F)c(Cl)cc1C(=O)NCC(C)(C)CC(=O)Nc1c(C)n(C)n(-c2ccccc2)c1=O. The van der Waals surface area contributed by atoms with Crippen molar-refractivity contribution < 1.29 is 18.7 Å². The summed E-state index contributed by atoms with van der Waals surface area (Å²) in [6.07, 6.45) is 0.0366. The Balaban J connectivity index is 1.69. The van der Waals surface area contributed by atoms with Crippen molar-refractivity contribution in [1.82, 2.24) is 14.7 Å². The first-order valence-corrected chi connectivity index (χ1v) is 11.9. The molecule has 3 aromatic rings. The van der Waals surface area contributed by atoms with Crippen molar-refractivity contribution in [2.75, 3.05) is 18.5 Å². The van der Waals surface area contributed by atoms with E-state index in [1.54, 1.807) is 25.6 Å². The lowest BCUT2D eigenvalue weighted by Gasteiger charge is -2.24. The second kappa shape index (κ2) is 11.0. The minimum absolute atomic E-state index is 0.0366. The number of carbonyl (C=O) groups is 2. The molecular formula is C26H30ClFN4O4. The third-order valence-corrected chi connectivity index (χ3v) is 6.04. The summed E-state index contributed by atoms with van der Waals surface area (Å²) in [5, 5.41) is 5.31. The van der Waals surface area contributed by atoms with Crippen LogP contribution in [0.2, 0.25) is 5.02 Å². The van der Waals surface area contributed by atoms with Crippen LogP contribution in [0, 0.1) is 18.2 Å². The molecule has 0 saturated heterocycles. The molecular weight excluding hydrogens is 487 g/mol. The maximum absolute atomic E-state index is 13.8. The number of hydrogen-bond donors (Lipinski definition) is 2. The van der Waals surface area contributed by atoms with E-state index in [2.05, 4.69) is 10.6 Å². The molecule has 2 aromatic carbocycles. The first-order valence-electron chi connectivity index (χ1n) is 11.5. The van der Waals surface area contributed by atoms with Gasteiger partial charge in [0.2, 0.25) is 5.91 Å². The molecule has 2 N–H and O–H groups in total. The van der Waals surface area contributed by atoms with Gasteiger partial charge in [0.15, 0.2) is 0 Å². The van der Waals surface area contributed by atoms with E-state index < -0.39 is 17.1 Å². The summed E-state index contributed by atoms with van der Waals surface area (Å²) in [6, 6.07) is 11.4. The summed E-state index contributed by atoms with van der Waals surface area (Å²) in [4.78, 5) is 38.7. The number of amides is 2. The molecule has 0 aliphatic rings. The number of anilines is 1. The van der Waals surface area contributed by atoms with E-state index in [-0.39, 0.29) is 53.1 Å². The Labute approximate surface area is 214 Å². The normalized spacial score (nSPS) is 11.3. The van der Waals surface area contributed by atoms with E-state index in [9.17, 15) is 18.8 Å². The van der Waals surface area contributed by atoms with Crippen molar-refractivity contribution in [3.8, 4) is 11.4 Å². The van der Waals surface area contributed by atoms with Gasteiger partial charge < -0.3 is 15.4 Å². The van der Waals surface area contributed by atoms with Gasteiger partial charge in [0.1, 0.15) is 17.3 Å². The fraction of sp³-hybridized carbons (Fsp3) is 0.346. The minimum Gasteiger partial charge on any atom is -0.493 e. The van der Waals surface area contributed by atoms with Crippen LogP contribution in [-0.2, 0) is 11.8 Å². The first-order chi connectivity index (χ1) is 16.9. The van der Waals surface area contributed by atoms with Crippen LogP contribution in [0.1, 0.15) is 43.2 Å².